The molecule has 1 atom stereocenters. The molecule has 4 N–H and O–H groups in total. The van der Waals surface area contributed by atoms with Crippen LogP contribution < -0.4 is 16.2 Å². The minimum Gasteiger partial charge on any atom is -0.486 e. The van der Waals surface area contributed by atoms with Crippen LogP contribution in [0.15, 0.2) is 30.5 Å². The van der Waals surface area contributed by atoms with Crippen LogP contribution in [0.4, 0.5) is 5.69 Å². The van der Waals surface area contributed by atoms with Crippen LogP contribution in [0.2, 0.25) is 0 Å². The molecule has 2 aromatic rings. The molecule has 0 saturated heterocycles. The summed E-state index contributed by atoms with van der Waals surface area (Å²) >= 11 is 0. The molecule has 6 nitrogen and oxygen atoms in total. The number of nitrogen functional groups attached to an aromatic ring is 1. The van der Waals surface area contributed by atoms with Gasteiger partial charge >= 0.3 is 0 Å². The van der Waals surface area contributed by atoms with Gasteiger partial charge in [-0.15, -0.1) is 0 Å². The lowest BCUT2D eigenvalue weighted by Gasteiger charge is -2.10. The number of aromatic nitrogens is 2. The predicted molar refractivity (Wildman–Crippen MR) is 80.9 cm³/mol. The molecule has 21 heavy (non-hydrogen) atoms. The Labute approximate surface area is 123 Å². The van der Waals surface area contributed by atoms with E-state index < -0.39 is 5.91 Å². The van der Waals surface area contributed by atoms with Gasteiger partial charge in [0.1, 0.15) is 12.4 Å². The van der Waals surface area contributed by atoms with Crippen LogP contribution in [-0.4, -0.2) is 15.7 Å². The van der Waals surface area contributed by atoms with Crippen LogP contribution in [0.1, 0.15) is 42.4 Å². The summed E-state index contributed by atoms with van der Waals surface area (Å²) in [5.74, 6) is -0.171. The lowest BCUT2D eigenvalue weighted by atomic mass is 10.1. The van der Waals surface area contributed by atoms with Gasteiger partial charge in [0.15, 0.2) is 0 Å². The summed E-state index contributed by atoms with van der Waals surface area (Å²) in [6, 6.07) is 7.00. The third-order valence-electron chi connectivity index (χ3n) is 3.35. The van der Waals surface area contributed by atoms with E-state index in [9.17, 15) is 4.79 Å². The molecule has 1 aromatic carbocycles. The van der Waals surface area contributed by atoms with E-state index in [1.54, 1.807) is 18.2 Å². The molecule has 0 aliphatic heterocycles. The normalized spacial score (nSPS) is 12.1. The number of anilines is 1. The summed E-state index contributed by atoms with van der Waals surface area (Å²) in [4.78, 5) is 11.4. The van der Waals surface area contributed by atoms with E-state index >= 15 is 0 Å². The van der Waals surface area contributed by atoms with Crippen LogP contribution in [-0.2, 0) is 6.61 Å². The highest BCUT2D eigenvalue weighted by Crippen LogP contribution is 2.22. The molecule has 1 unspecified atom stereocenters. The van der Waals surface area contributed by atoms with Crippen LogP contribution in [0.25, 0.3) is 0 Å². The first-order chi connectivity index (χ1) is 10.0. The number of nitrogens with two attached hydrogens (primary N) is 2. The summed E-state index contributed by atoms with van der Waals surface area (Å²) in [5.41, 5.74) is 12.6. The lowest BCUT2D eigenvalue weighted by molar-refractivity contribution is 0.0996. The van der Waals surface area contributed by atoms with E-state index in [1.165, 1.54) is 0 Å². The molecule has 0 aliphatic rings. The van der Waals surface area contributed by atoms with Gasteiger partial charge in [-0.2, -0.15) is 5.10 Å². The van der Waals surface area contributed by atoms with Gasteiger partial charge in [0.05, 0.1) is 11.3 Å². The van der Waals surface area contributed by atoms with Crippen molar-refractivity contribution >= 4 is 11.6 Å². The Morgan fingerprint density at radius 2 is 2.19 bits per heavy atom. The van der Waals surface area contributed by atoms with Gasteiger partial charge in [-0.25, -0.2) is 0 Å². The SMILES string of the molecule is CCC(C)n1ccc(COc2cc(N)ccc2C(N)=O)n1. The molecule has 0 spiro atoms. The highest BCUT2D eigenvalue weighted by Gasteiger charge is 2.11. The zero-order chi connectivity index (χ0) is 15.4. The van der Waals surface area contributed by atoms with Gasteiger partial charge in [0.25, 0.3) is 5.91 Å². The van der Waals surface area contributed by atoms with E-state index in [2.05, 4.69) is 18.9 Å². The Kier molecular flexibility index (Phi) is 4.47. The topological polar surface area (TPSA) is 96.2 Å². The van der Waals surface area contributed by atoms with Crippen molar-refractivity contribution in [1.29, 1.82) is 0 Å². The second-order valence-corrected chi connectivity index (χ2v) is 4.95. The Bertz CT molecular complexity index is 636. The van der Waals surface area contributed by atoms with Crippen molar-refractivity contribution in [2.45, 2.75) is 32.9 Å². The van der Waals surface area contributed by atoms with Crippen LogP contribution >= 0.6 is 0 Å². The third-order valence-corrected chi connectivity index (χ3v) is 3.35. The van der Waals surface area contributed by atoms with E-state index in [4.69, 9.17) is 16.2 Å². The number of carbonyl (C=O) groups is 1. The number of rotatable bonds is 6. The Balaban J connectivity index is 2.11. The van der Waals surface area contributed by atoms with Gasteiger partial charge in [0.2, 0.25) is 0 Å². The number of nitrogens with zero attached hydrogens (tertiary/aromatic N) is 2. The maximum atomic E-state index is 11.4. The van der Waals surface area contributed by atoms with Crippen molar-refractivity contribution in [1.82, 2.24) is 9.78 Å². The number of carbonyl (C=O) groups excluding carboxylic acids is 1. The molecule has 0 fully saturated rings. The first-order valence-electron chi connectivity index (χ1n) is 6.87. The van der Waals surface area contributed by atoms with Crippen molar-refractivity contribution in [2.75, 3.05) is 5.73 Å². The minimum atomic E-state index is -0.546. The Morgan fingerprint density at radius 3 is 2.86 bits per heavy atom. The van der Waals surface area contributed by atoms with E-state index in [0.717, 1.165) is 12.1 Å². The minimum absolute atomic E-state index is 0.257. The molecule has 0 saturated carbocycles. The van der Waals surface area contributed by atoms with E-state index in [0.29, 0.717) is 23.0 Å². The van der Waals surface area contributed by atoms with E-state index in [1.807, 2.05) is 16.9 Å². The molecule has 0 bridgehead atoms. The van der Waals surface area contributed by atoms with Crippen molar-refractivity contribution in [3.8, 4) is 5.75 Å². The average Bonchev–Trinajstić information content (AvgIpc) is 2.93. The number of ether oxygens (including phenoxy) is 1. The predicted octanol–water partition coefficient (Wildman–Crippen LogP) is 2.11. The quantitative estimate of drug-likeness (QED) is 0.796. The van der Waals surface area contributed by atoms with Crippen LogP contribution in [0.5, 0.6) is 5.75 Å². The Morgan fingerprint density at radius 1 is 1.43 bits per heavy atom. The molecule has 1 amide bonds. The standard InChI is InChI=1S/C15H20N4O2/c1-3-10(2)19-7-6-12(18-19)9-21-14-8-11(16)4-5-13(14)15(17)20/h4-8,10H,3,9,16H2,1-2H3,(H2,17,20). The molecular weight excluding hydrogens is 268 g/mol. The fourth-order valence-electron chi connectivity index (χ4n) is 1.90. The maximum Gasteiger partial charge on any atom is 0.252 e. The molecule has 6 heteroatoms. The van der Waals surface area contributed by atoms with Crippen LogP contribution in [0, 0.1) is 0 Å². The number of benzene rings is 1. The fraction of sp³-hybridized carbons (Fsp3) is 0.333. The zero-order valence-corrected chi connectivity index (χ0v) is 12.2. The fourth-order valence-corrected chi connectivity index (χ4v) is 1.90. The molecular formula is C15H20N4O2. The molecule has 1 heterocycles. The first-order valence-corrected chi connectivity index (χ1v) is 6.87. The first kappa shape index (κ1) is 14.9. The van der Waals surface area contributed by atoms with Gasteiger partial charge in [0, 0.05) is 24.0 Å². The van der Waals surface area contributed by atoms with Gasteiger partial charge < -0.3 is 16.2 Å². The largest absolute Gasteiger partial charge is 0.486 e. The van der Waals surface area contributed by atoms with Gasteiger partial charge in [-0.05, 0) is 31.5 Å². The van der Waals surface area contributed by atoms with Crippen molar-refractivity contribution in [3.05, 3.63) is 41.7 Å². The molecule has 1 aromatic heterocycles. The summed E-state index contributed by atoms with van der Waals surface area (Å²) < 4.78 is 7.53. The number of hydrogen-bond acceptors (Lipinski definition) is 4. The zero-order valence-electron chi connectivity index (χ0n) is 12.2. The average molecular weight is 288 g/mol. The molecule has 0 radical (unpaired) electrons. The van der Waals surface area contributed by atoms with E-state index in [-0.39, 0.29) is 6.61 Å². The summed E-state index contributed by atoms with van der Waals surface area (Å²) in [6.45, 7) is 4.46. The second-order valence-electron chi connectivity index (χ2n) is 4.95. The van der Waals surface area contributed by atoms with Crippen molar-refractivity contribution < 1.29 is 9.53 Å². The number of hydrogen-bond donors (Lipinski definition) is 2. The summed E-state index contributed by atoms with van der Waals surface area (Å²) in [7, 11) is 0. The monoisotopic (exact) mass is 288 g/mol. The van der Waals surface area contributed by atoms with Gasteiger partial charge in [-0.1, -0.05) is 6.92 Å². The number of amides is 1. The Hall–Kier alpha value is -2.50. The van der Waals surface area contributed by atoms with Gasteiger partial charge in [-0.3, -0.25) is 9.48 Å². The summed E-state index contributed by atoms with van der Waals surface area (Å²) in [5, 5.41) is 4.44. The highest BCUT2D eigenvalue weighted by molar-refractivity contribution is 5.96. The molecule has 2 rings (SSSR count). The second kappa shape index (κ2) is 6.30. The van der Waals surface area contributed by atoms with Crippen molar-refractivity contribution in [2.24, 2.45) is 5.73 Å². The van der Waals surface area contributed by atoms with Crippen molar-refractivity contribution in [3.63, 3.8) is 0 Å². The number of primary amides is 1. The third kappa shape index (κ3) is 3.53. The highest BCUT2D eigenvalue weighted by atomic mass is 16.5. The molecule has 0 aliphatic carbocycles. The maximum absolute atomic E-state index is 11.4. The smallest absolute Gasteiger partial charge is 0.252 e. The summed E-state index contributed by atoms with van der Waals surface area (Å²) in [6.07, 6.45) is 2.92. The lowest BCUT2D eigenvalue weighted by Crippen LogP contribution is -2.13. The molecule has 112 valence electrons. The van der Waals surface area contributed by atoms with Crippen LogP contribution in [0.3, 0.4) is 0 Å².